The van der Waals surface area contributed by atoms with Crippen molar-refractivity contribution in [1.29, 1.82) is 0 Å². The van der Waals surface area contributed by atoms with E-state index in [0.29, 0.717) is 45.2 Å². The van der Waals surface area contributed by atoms with Crippen LogP contribution in [0.4, 0.5) is 0 Å². The Morgan fingerprint density at radius 3 is 2.31 bits per heavy atom. The van der Waals surface area contributed by atoms with Crippen LogP contribution in [0.25, 0.3) is 0 Å². The van der Waals surface area contributed by atoms with Crippen molar-refractivity contribution in [3.05, 3.63) is 12.2 Å². The first-order valence-electron chi connectivity index (χ1n) is 13.7. The van der Waals surface area contributed by atoms with E-state index in [0.717, 1.165) is 25.2 Å². The summed E-state index contributed by atoms with van der Waals surface area (Å²) in [5, 5.41) is 10.4. The van der Waals surface area contributed by atoms with Gasteiger partial charge in [-0.05, 0) is 110 Å². The number of hydrogen-bond acceptors (Lipinski definition) is 2. The summed E-state index contributed by atoms with van der Waals surface area (Å²) in [5.74, 6) is 2.91. The number of allylic oxidation sites excluding steroid dienone is 1. The van der Waals surface area contributed by atoms with E-state index in [1.165, 1.54) is 56.9 Å². The maximum Gasteiger partial charge on any atom is 0.138 e. The predicted octanol–water partition coefficient (Wildman–Crippen LogP) is 7.35. The summed E-state index contributed by atoms with van der Waals surface area (Å²) >= 11 is 0. The maximum absolute atomic E-state index is 12.8. The summed E-state index contributed by atoms with van der Waals surface area (Å²) in [6, 6.07) is 0. The molecule has 2 heteroatoms. The van der Waals surface area contributed by atoms with Crippen molar-refractivity contribution in [2.24, 2.45) is 50.7 Å². The Kier molecular flexibility index (Phi) is 5.03. The van der Waals surface area contributed by atoms with E-state index in [4.69, 9.17) is 0 Å². The number of carbonyl (C=O) groups is 1. The molecule has 2 spiro atoms. The van der Waals surface area contributed by atoms with Gasteiger partial charge in [-0.2, -0.15) is 0 Å². The summed E-state index contributed by atoms with van der Waals surface area (Å²) in [6.45, 7) is 18.6. The molecule has 0 radical (unpaired) electrons. The van der Waals surface area contributed by atoms with Gasteiger partial charge in [0.1, 0.15) is 5.78 Å². The molecule has 5 saturated carbocycles. The van der Waals surface area contributed by atoms with Gasteiger partial charge in [0.2, 0.25) is 0 Å². The molecule has 5 aliphatic carbocycles. The van der Waals surface area contributed by atoms with Crippen molar-refractivity contribution in [3.8, 4) is 0 Å². The van der Waals surface area contributed by atoms with Gasteiger partial charge in [-0.15, -0.1) is 0 Å². The molecule has 0 aromatic carbocycles. The summed E-state index contributed by atoms with van der Waals surface area (Å²) in [7, 11) is 0. The molecule has 0 aromatic rings. The Bertz CT molecular complexity index is 825. The number of carbonyl (C=O) groups excluding carboxylic acids is 1. The van der Waals surface area contributed by atoms with Crippen LogP contribution < -0.4 is 0 Å². The van der Waals surface area contributed by atoms with Crippen LogP contribution >= 0.6 is 0 Å². The highest BCUT2D eigenvalue weighted by atomic mass is 16.3. The van der Waals surface area contributed by atoms with E-state index in [-0.39, 0.29) is 11.5 Å². The van der Waals surface area contributed by atoms with Crippen LogP contribution in [0.3, 0.4) is 0 Å². The molecule has 8 atom stereocenters. The first-order chi connectivity index (χ1) is 14.9. The molecular weight excluding hydrogens is 392 g/mol. The van der Waals surface area contributed by atoms with Gasteiger partial charge < -0.3 is 5.11 Å². The summed E-state index contributed by atoms with van der Waals surface area (Å²) < 4.78 is 0. The molecule has 180 valence electrons. The Morgan fingerprint density at radius 1 is 0.969 bits per heavy atom. The molecule has 0 aromatic heterocycles. The van der Waals surface area contributed by atoms with E-state index in [9.17, 15) is 9.90 Å². The van der Waals surface area contributed by atoms with Crippen molar-refractivity contribution in [1.82, 2.24) is 0 Å². The normalized spacial score (nSPS) is 49.6. The lowest BCUT2D eigenvalue weighted by Crippen LogP contribution is -2.56. The van der Waals surface area contributed by atoms with Crippen LogP contribution in [-0.4, -0.2) is 17.0 Å². The maximum atomic E-state index is 12.8. The number of Topliss-reactive ketones (excluding diaryl/α,β-unsaturated/α-hetero) is 1. The molecular formula is C30H48O2. The molecule has 0 bridgehead atoms. The minimum Gasteiger partial charge on any atom is -0.393 e. The minimum atomic E-state index is -0.207. The zero-order valence-corrected chi connectivity index (χ0v) is 21.7. The number of aliphatic hydroxyl groups is 1. The van der Waals surface area contributed by atoms with E-state index in [2.05, 4.69) is 48.1 Å². The van der Waals surface area contributed by atoms with Gasteiger partial charge in [0.25, 0.3) is 0 Å². The molecule has 5 fully saturated rings. The fourth-order valence-corrected chi connectivity index (χ4v) is 10.7. The second-order valence-corrected chi connectivity index (χ2v) is 14.3. The van der Waals surface area contributed by atoms with Crippen molar-refractivity contribution in [2.75, 3.05) is 0 Å². The SMILES string of the molecule is C=C(CCC(O)C(C)C)[C@H]1CC[C@@]2(C)[C@@H]3CC[C@H]4C(C)(C)C(=O)CC[C@@]45C[C@@]35CC[C@]12C. The topological polar surface area (TPSA) is 37.3 Å². The third-order valence-corrected chi connectivity index (χ3v) is 12.9. The lowest BCUT2D eigenvalue weighted by Gasteiger charge is -2.62. The Morgan fingerprint density at radius 2 is 1.62 bits per heavy atom. The van der Waals surface area contributed by atoms with E-state index in [1.807, 2.05) is 0 Å². The Labute approximate surface area is 197 Å². The van der Waals surface area contributed by atoms with Gasteiger partial charge in [0.05, 0.1) is 6.10 Å². The highest BCUT2D eigenvalue weighted by molar-refractivity contribution is 5.86. The third-order valence-electron chi connectivity index (χ3n) is 12.9. The molecule has 0 aliphatic heterocycles. The number of fused-ring (bicyclic) bond motifs is 2. The fourth-order valence-electron chi connectivity index (χ4n) is 10.7. The molecule has 5 rings (SSSR count). The van der Waals surface area contributed by atoms with Gasteiger partial charge in [-0.1, -0.05) is 53.7 Å². The van der Waals surface area contributed by atoms with E-state index >= 15 is 0 Å². The van der Waals surface area contributed by atoms with Crippen molar-refractivity contribution in [3.63, 3.8) is 0 Å². The molecule has 5 aliphatic rings. The molecule has 1 unspecified atom stereocenters. The lowest BCUT2D eigenvalue weighted by atomic mass is 9.42. The number of hydrogen-bond donors (Lipinski definition) is 1. The largest absolute Gasteiger partial charge is 0.393 e. The molecule has 0 saturated heterocycles. The van der Waals surface area contributed by atoms with Gasteiger partial charge >= 0.3 is 0 Å². The van der Waals surface area contributed by atoms with E-state index < -0.39 is 0 Å². The summed E-state index contributed by atoms with van der Waals surface area (Å²) in [6.07, 6.45) is 13.0. The zero-order valence-electron chi connectivity index (χ0n) is 21.7. The van der Waals surface area contributed by atoms with Gasteiger partial charge in [-0.25, -0.2) is 0 Å². The third kappa shape index (κ3) is 2.65. The first-order valence-corrected chi connectivity index (χ1v) is 13.7. The molecule has 32 heavy (non-hydrogen) atoms. The first kappa shape index (κ1) is 23.1. The van der Waals surface area contributed by atoms with E-state index in [1.54, 1.807) is 0 Å². The summed E-state index contributed by atoms with van der Waals surface area (Å²) in [4.78, 5) is 12.8. The summed E-state index contributed by atoms with van der Waals surface area (Å²) in [5.41, 5.74) is 3.03. The lowest BCUT2D eigenvalue weighted by molar-refractivity contribution is -0.154. The van der Waals surface area contributed by atoms with Gasteiger partial charge in [-0.3, -0.25) is 4.79 Å². The Balaban J connectivity index is 1.39. The highest BCUT2D eigenvalue weighted by Crippen LogP contribution is 2.88. The zero-order chi connectivity index (χ0) is 23.3. The smallest absolute Gasteiger partial charge is 0.138 e. The quantitative estimate of drug-likeness (QED) is 0.454. The highest BCUT2D eigenvalue weighted by Gasteiger charge is 2.82. The second-order valence-electron chi connectivity index (χ2n) is 14.3. The van der Waals surface area contributed by atoms with Crippen LogP contribution in [-0.2, 0) is 4.79 Å². The molecule has 0 heterocycles. The minimum absolute atomic E-state index is 0.113. The van der Waals surface area contributed by atoms with Crippen LogP contribution in [0.1, 0.15) is 112 Å². The average molecular weight is 441 g/mol. The van der Waals surface area contributed by atoms with Crippen LogP contribution in [0.5, 0.6) is 0 Å². The fraction of sp³-hybridized carbons (Fsp3) is 0.900. The standard InChI is InChI=1S/C30H48O2/c1-19(2)22(31)9-8-20(3)21-12-14-28(7)24-11-10-23-26(4,5)25(32)13-15-29(23)18-30(24,29)17-16-27(21,28)6/h19,21-24,31H,3,8-18H2,1-2,4-7H3/t21-,22?,23+,24+,27-,28+,29-,30+/m1/s1. The monoisotopic (exact) mass is 440 g/mol. The Hall–Kier alpha value is -0.630. The van der Waals surface area contributed by atoms with Crippen LogP contribution in [0.2, 0.25) is 0 Å². The average Bonchev–Trinajstić information content (AvgIpc) is 3.31. The van der Waals surface area contributed by atoms with Crippen molar-refractivity contribution >= 4 is 5.78 Å². The molecule has 1 N–H and O–H groups in total. The number of aliphatic hydroxyl groups excluding tert-OH is 1. The van der Waals surface area contributed by atoms with Gasteiger partial charge in [0.15, 0.2) is 0 Å². The van der Waals surface area contributed by atoms with Crippen LogP contribution in [0.15, 0.2) is 12.2 Å². The van der Waals surface area contributed by atoms with Crippen LogP contribution in [0, 0.1) is 50.7 Å². The molecule has 0 amide bonds. The predicted molar refractivity (Wildman–Crippen MR) is 131 cm³/mol. The number of ketones is 1. The van der Waals surface area contributed by atoms with Gasteiger partial charge in [0, 0.05) is 11.8 Å². The second kappa shape index (κ2) is 6.96. The van der Waals surface area contributed by atoms with Crippen molar-refractivity contribution in [2.45, 2.75) is 118 Å². The van der Waals surface area contributed by atoms with Crippen molar-refractivity contribution < 1.29 is 9.90 Å². The molecule has 2 nitrogen and oxygen atoms in total. The number of rotatable bonds is 5.